The van der Waals surface area contributed by atoms with Crippen LogP contribution in [0.1, 0.15) is 29.8 Å². The highest BCUT2D eigenvalue weighted by molar-refractivity contribution is 5.95. The summed E-state index contributed by atoms with van der Waals surface area (Å²) in [4.78, 5) is 27.1. The van der Waals surface area contributed by atoms with Crippen LogP contribution in [0.5, 0.6) is 0 Å². The van der Waals surface area contributed by atoms with E-state index in [0.717, 1.165) is 28.1 Å². The normalized spacial score (nSPS) is 11.4. The third kappa shape index (κ3) is 3.31. The average Bonchev–Trinajstić information content (AvgIpc) is 3.11. The molecule has 0 aliphatic rings. The monoisotopic (exact) mass is 388 g/mol. The number of methoxy groups -OCH3 is 1. The molecule has 0 bridgehead atoms. The van der Waals surface area contributed by atoms with Gasteiger partial charge in [0.25, 0.3) is 0 Å². The Bertz CT molecular complexity index is 1230. The van der Waals surface area contributed by atoms with Gasteiger partial charge in [0.05, 0.1) is 23.7 Å². The first kappa shape index (κ1) is 18.9. The maximum absolute atomic E-state index is 11.9. The lowest BCUT2D eigenvalue weighted by molar-refractivity contribution is 0.0601. The lowest BCUT2D eigenvalue weighted by atomic mass is 10.1. The molecule has 0 unspecified atom stereocenters. The van der Waals surface area contributed by atoms with Crippen molar-refractivity contribution in [3.63, 3.8) is 0 Å². The Kier molecular flexibility index (Phi) is 4.70. The van der Waals surface area contributed by atoms with Gasteiger partial charge in [-0.25, -0.2) is 14.8 Å². The molecule has 29 heavy (non-hydrogen) atoms. The molecule has 0 radical (unpaired) electrons. The number of hydrogen-bond donors (Lipinski definition) is 1. The number of carbonyl (C=O) groups excluding carboxylic acids is 1. The predicted molar refractivity (Wildman–Crippen MR) is 116 cm³/mol. The summed E-state index contributed by atoms with van der Waals surface area (Å²) in [6, 6.07) is 11.8. The minimum atomic E-state index is -0.384. The summed E-state index contributed by atoms with van der Waals surface area (Å²) in [5.74, 6) is 0.395. The summed E-state index contributed by atoms with van der Waals surface area (Å²) >= 11 is 0. The van der Waals surface area contributed by atoms with E-state index in [9.17, 15) is 4.79 Å². The van der Waals surface area contributed by atoms with Crippen LogP contribution in [0.4, 0.5) is 5.82 Å². The van der Waals surface area contributed by atoms with Gasteiger partial charge in [0.1, 0.15) is 5.69 Å². The second-order valence-corrected chi connectivity index (χ2v) is 7.53. The summed E-state index contributed by atoms with van der Waals surface area (Å²) in [7, 11) is 3.38. The van der Waals surface area contributed by atoms with Gasteiger partial charge in [0.2, 0.25) is 0 Å². The highest BCUT2D eigenvalue weighted by Crippen LogP contribution is 2.33. The number of nitrogens with zero attached hydrogens (tertiary/aromatic N) is 3. The molecule has 1 N–H and O–H groups in total. The van der Waals surface area contributed by atoms with Crippen molar-refractivity contribution in [1.29, 1.82) is 0 Å². The van der Waals surface area contributed by atoms with Gasteiger partial charge in [-0.05, 0) is 56.7 Å². The molecule has 0 aliphatic carbocycles. The van der Waals surface area contributed by atoms with Crippen molar-refractivity contribution in [2.75, 3.05) is 19.1 Å². The minimum absolute atomic E-state index is 0.238. The fourth-order valence-corrected chi connectivity index (χ4v) is 3.38. The zero-order valence-electron chi connectivity index (χ0n) is 17.3. The zero-order chi connectivity index (χ0) is 20.7. The van der Waals surface area contributed by atoms with Gasteiger partial charge < -0.3 is 14.6 Å². The number of ether oxygens (including phenoxy) is 1. The molecule has 4 aromatic rings. The number of hydrogen-bond acceptors (Lipinski definition) is 5. The number of fused-ring (bicyclic) bond motifs is 2. The van der Waals surface area contributed by atoms with Crippen LogP contribution >= 0.6 is 0 Å². The van der Waals surface area contributed by atoms with Crippen LogP contribution in [0, 0.1) is 6.92 Å². The molecule has 2 aromatic heterocycles. The molecule has 0 spiro atoms. The third-order valence-electron chi connectivity index (χ3n) is 5.34. The van der Waals surface area contributed by atoms with Crippen molar-refractivity contribution in [2.24, 2.45) is 0 Å². The number of H-pyrrole nitrogens is 1. The topological polar surface area (TPSA) is 71.1 Å². The maximum atomic E-state index is 11.9. The van der Waals surface area contributed by atoms with Gasteiger partial charge in [0.15, 0.2) is 5.82 Å². The Morgan fingerprint density at radius 3 is 2.62 bits per heavy atom. The van der Waals surface area contributed by atoms with E-state index in [-0.39, 0.29) is 12.0 Å². The van der Waals surface area contributed by atoms with Crippen LogP contribution in [-0.4, -0.2) is 41.1 Å². The van der Waals surface area contributed by atoms with Crippen LogP contribution < -0.4 is 4.90 Å². The Morgan fingerprint density at radius 1 is 1.10 bits per heavy atom. The summed E-state index contributed by atoms with van der Waals surface area (Å²) in [6.45, 7) is 6.31. The minimum Gasteiger partial charge on any atom is -0.465 e. The van der Waals surface area contributed by atoms with Crippen LogP contribution in [0.2, 0.25) is 0 Å². The highest BCUT2D eigenvalue weighted by atomic mass is 16.5. The van der Waals surface area contributed by atoms with Gasteiger partial charge >= 0.3 is 5.97 Å². The number of aromatic amines is 1. The van der Waals surface area contributed by atoms with Crippen LogP contribution in [-0.2, 0) is 4.74 Å². The van der Waals surface area contributed by atoms with Gasteiger partial charge in [0, 0.05) is 35.8 Å². The van der Waals surface area contributed by atoms with Crippen molar-refractivity contribution in [1.82, 2.24) is 15.0 Å². The second-order valence-electron chi connectivity index (χ2n) is 7.53. The number of carbonyl (C=O) groups is 1. The van der Waals surface area contributed by atoms with E-state index >= 15 is 0 Å². The number of rotatable bonds is 4. The first-order chi connectivity index (χ1) is 13.9. The van der Waals surface area contributed by atoms with Crippen LogP contribution in [0.25, 0.3) is 33.2 Å². The number of anilines is 1. The standard InChI is InChI=1S/C23H24N4O2/c1-13(2)27(4)22-21(15-6-8-18-17(10-15)14(3)12-24-18)25-19-9-7-16(23(28)29-5)11-20(19)26-22/h6-13,24H,1-5H3. The molecular formula is C23H24N4O2. The number of aromatic nitrogens is 3. The summed E-state index contributed by atoms with van der Waals surface area (Å²) in [6.07, 6.45) is 2.01. The molecule has 148 valence electrons. The second kappa shape index (κ2) is 7.20. The third-order valence-corrected chi connectivity index (χ3v) is 5.34. The van der Waals surface area contributed by atoms with Crippen LogP contribution in [0.15, 0.2) is 42.6 Å². The maximum Gasteiger partial charge on any atom is 0.337 e. The summed E-state index contributed by atoms with van der Waals surface area (Å²) < 4.78 is 4.84. The first-order valence-corrected chi connectivity index (χ1v) is 9.60. The van der Waals surface area contributed by atoms with Gasteiger partial charge in [-0.2, -0.15) is 0 Å². The lowest BCUT2D eigenvalue weighted by Gasteiger charge is -2.25. The van der Waals surface area contributed by atoms with E-state index in [1.165, 1.54) is 18.1 Å². The molecule has 6 nitrogen and oxygen atoms in total. The number of aryl methyl sites for hydroxylation is 1. The average molecular weight is 388 g/mol. The SMILES string of the molecule is COC(=O)c1ccc2nc(-c3ccc4[nH]cc(C)c4c3)c(N(C)C(C)C)nc2c1. The van der Waals surface area contributed by atoms with Gasteiger partial charge in [-0.3, -0.25) is 0 Å². The number of nitrogens with one attached hydrogen (secondary N) is 1. The molecule has 0 saturated heterocycles. The van der Waals surface area contributed by atoms with Gasteiger partial charge in [-0.1, -0.05) is 6.07 Å². The molecule has 0 amide bonds. The van der Waals surface area contributed by atoms with E-state index in [1.807, 2.05) is 19.3 Å². The van der Waals surface area contributed by atoms with E-state index in [2.05, 4.69) is 48.9 Å². The lowest BCUT2D eigenvalue weighted by Crippen LogP contribution is -2.27. The first-order valence-electron chi connectivity index (χ1n) is 9.60. The Balaban J connectivity index is 1.96. The fraction of sp³-hybridized carbons (Fsp3) is 0.261. The molecule has 0 saturated carbocycles. The Labute approximate surface area is 169 Å². The molecular weight excluding hydrogens is 364 g/mol. The van der Waals surface area contributed by atoms with E-state index in [0.29, 0.717) is 11.1 Å². The fourth-order valence-electron chi connectivity index (χ4n) is 3.38. The molecule has 0 fully saturated rings. The van der Waals surface area contributed by atoms with E-state index < -0.39 is 0 Å². The predicted octanol–water partition coefficient (Wildman–Crippen LogP) is 4.72. The van der Waals surface area contributed by atoms with Crippen molar-refractivity contribution >= 4 is 33.7 Å². The Morgan fingerprint density at radius 2 is 1.90 bits per heavy atom. The van der Waals surface area contributed by atoms with Crippen molar-refractivity contribution in [3.8, 4) is 11.3 Å². The van der Waals surface area contributed by atoms with E-state index in [4.69, 9.17) is 14.7 Å². The molecule has 2 heterocycles. The Hall–Kier alpha value is -3.41. The molecule has 0 atom stereocenters. The summed E-state index contributed by atoms with van der Waals surface area (Å²) in [5.41, 5.74) is 5.98. The van der Waals surface area contributed by atoms with E-state index in [1.54, 1.807) is 12.1 Å². The highest BCUT2D eigenvalue weighted by Gasteiger charge is 2.18. The molecule has 0 aliphatic heterocycles. The van der Waals surface area contributed by atoms with Crippen molar-refractivity contribution in [2.45, 2.75) is 26.8 Å². The quantitative estimate of drug-likeness (QED) is 0.512. The summed E-state index contributed by atoms with van der Waals surface area (Å²) in [5, 5.41) is 1.17. The molecule has 2 aromatic carbocycles. The van der Waals surface area contributed by atoms with Crippen molar-refractivity contribution < 1.29 is 9.53 Å². The molecule has 6 heteroatoms. The number of benzene rings is 2. The van der Waals surface area contributed by atoms with Crippen molar-refractivity contribution in [3.05, 3.63) is 53.7 Å². The smallest absolute Gasteiger partial charge is 0.337 e. The zero-order valence-corrected chi connectivity index (χ0v) is 17.3. The number of esters is 1. The van der Waals surface area contributed by atoms with Crippen LogP contribution in [0.3, 0.4) is 0 Å². The largest absolute Gasteiger partial charge is 0.465 e. The van der Waals surface area contributed by atoms with Gasteiger partial charge in [-0.15, -0.1) is 0 Å². The molecule has 4 rings (SSSR count).